The largest absolute Gasteiger partial charge is 0.337 e. The lowest BCUT2D eigenvalue weighted by molar-refractivity contribution is -0.133. The van der Waals surface area contributed by atoms with Crippen molar-refractivity contribution >= 4 is 26.8 Å². The second-order valence-corrected chi connectivity index (χ2v) is 9.05. The molecule has 1 amide bonds. The molecule has 1 aromatic heterocycles. The van der Waals surface area contributed by atoms with E-state index in [4.69, 9.17) is 0 Å². The lowest BCUT2D eigenvalue weighted by atomic mass is 10.2. The van der Waals surface area contributed by atoms with Crippen molar-refractivity contribution in [1.29, 1.82) is 0 Å². The fraction of sp³-hybridized carbons (Fsp3) is 0.556. The maximum absolute atomic E-state index is 13.0. The minimum absolute atomic E-state index is 0.0125. The molecule has 8 heteroatoms. The smallest absolute Gasteiger partial charge is 0.242 e. The van der Waals surface area contributed by atoms with Crippen molar-refractivity contribution in [3.05, 3.63) is 30.1 Å². The van der Waals surface area contributed by atoms with Crippen LogP contribution in [0.2, 0.25) is 0 Å². The van der Waals surface area contributed by atoms with E-state index in [9.17, 15) is 13.2 Å². The van der Waals surface area contributed by atoms with Crippen LogP contribution in [0.25, 0.3) is 11.0 Å². The molecule has 0 radical (unpaired) electrons. The van der Waals surface area contributed by atoms with Gasteiger partial charge >= 0.3 is 0 Å². The Morgan fingerprint density at radius 3 is 2.81 bits per heavy atom. The molecule has 1 aromatic carbocycles. The number of aromatic nitrogens is 2. The normalized spacial score (nSPS) is 17.7. The van der Waals surface area contributed by atoms with Gasteiger partial charge in [0.2, 0.25) is 5.91 Å². The number of rotatable bonds is 7. The van der Waals surface area contributed by atoms with Crippen LogP contribution in [-0.2, 0) is 26.9 Å². The zero-order valence-corrected chi connectivity index (χ0v) is 16.1. The Bertz CT molecular complexity index is 885. The number of hydrogen-bond donors (Lipinski definition) is 1. The van der Waals surface area contributed by atoms with Crippen molar-refractivity contribution < 1.29 is 13.2 Å². The molecule has 2 heterocycles. The van der Waals surface area contributed by atoms with Gasteiger partial charge in [0.1, 0.15) is 18.1 Å². The number of nitrogens with zero attached hydrogens (tertiary/aromatic N) is 3. The van der Waals surface area contributed by atoms with Gasteiger partial charge in [-0.15, -0.1) is 0 Å². The summed E-state index contributed by atoms with van der Waals surface area (Å²) >= 11 is 0. The summed E-state index contributed by atoms with van der Waals surface area (Å²) in [5.74, 6) is 0.259. The van der Waals surface area contributed by atoms with Crippen LogP contribution < -0.4 is 5.32 Å². The van der Waals surface area contributed by atoms with E-state index in [2.05, 4.69) is 17.2 Å². The molecule has 142 valence electrons. The van der Waals surface area contributed by atoms with E-state index in [-0.39, 0.29) is 24.2 Å². The first-order valence-electron chi connectivity index (χ1n) is 9.01. The van der Waals surface area contributed by atoms with Crippen LogP contribution in [0.15, 0.2) is 24.3 Å². The molecule has 2 aromatic rings. The maximum atomic E-state index is 13.0. The zero-order chi connectivity index (χ0) is 18.7. The van der Waals surface area contributed by atoms with E-state index >= 15 is 0 Å². The Morgan fingerprint density at radius 2 is 2.15 bits per heavy atom. The van der Waals surface area contributed by atoms with Gasteiger partial charge in [-0.2, -0.15) is 0 Å². The van der Waals surface area contributed by atoms with Gasteiger partial charge in [-0.05, 0) is 31.5 Å². The highest BCUT2D eigenvalue weighted by atomic mass is 32.2. The topological polar surface area (TPSA) is 84.3 Å². The van der Waals surface area contributed by atoms with Crippen LogP contribution in [-0.4, -0.2) is 60.7 Å². The van der Waals surface area contributed by atoms with Gasteiger partial charge in [0.05, 0.1) is 11.0 Å². The molecule has 1 atom stereocenters. The van der Waals surface area contributed by atoms with Crippen LogP contribution in [0.1, 0.15) is 25.6 Å². The van der Waals surface area contributed by atoms with Gasteiger partial charge in [-0.1, -0.05) is 19.1 Å². The molecule has 26 heavy (non-hydrogen) atoms. The van der Waals surface area contributed by atoms with Crippen molar-refractivity contribution in [3.8, 4) is 0 Å². The van der Waals surface area contributed by atoms with E-state index in [0.717, 1.165) is 31.4 Å². The number of imidazole rings is 1. The second kappa shape index (κ2) is 7.75. The Hall–Kier alpha value is -1.93. The minimum Gasteiger partial charge on any atom is -0.337 e. The standard InChI is InChI=1S/C18H26N4O3S/c1-3-10-21(14-8-9-19-11-14)18(23)12-22-16-7-5-4-6-15(16)20-17(22)13-26(2,24)25/h4-7,14,19H,3,8-13H2,1-2H3. The van der Waals surface area contributed by atoms with Crippen LogP contribution >= 0.6 is 0 Å². The van der Waals surface area contributed by atoms with Crippen molar-refractivity contribution in [1.82, 2.24) is 19.8 Å². The fourth-order valence-electron chi connectivity index (χ4n) is 3.53. The number of fused-ring (bicyclic) bond motifs is 1. The molecule has 0 saturated carbocycles. The first kappa shape index (κ1) is 18.8. The Kier molecular flexibility index (Phi) is 5.62. The molecule has 1 unspecified atom stereocenters. The Balaban J connectivity index is 1.92. The highest BCUT2D eigenvalue weighted by Gasteiger charge is 2.27. The lowest BCUT2D eigenvalue weighted by Gasteiger charge is -2.28. The van der Waals surface area contributed by atoms with Crippen LogP contribution in [0.5, 0.6) is 0 Å². The summed E-state index contributed by atoms with van der Waals surface area (Å²) in [6.07, 6.45) is 3.03. The van der Waals surface area contributed by atoms with Gasteiger partial charge in [0, 0.05) is 25.4 Å². The second-order valence-electron chi connectivity index (χ2n) is 6.91. The molecule has 1 saturated heterocycles. The van der Waals surface area contributed by atoms with Gasteiger partial charge in [0.15, 0.2) is 9.84 Å². The maximum Gasteiger partial charge on any atom is 0.242 e. The average molecular weight is 378 g/mol. The fourth-order valence-corrected chi connectivity index (χ4v) is 4.22. The summed E-state index contributed by atoms with van der Waals surface area (Å²) < 4.78 is 25.4. The molecule has 1 aliphatic rings. The van der Waals surface area contributed by atoms with E-state index in [1.54, 1.807) is 4.57 Å². The summed E-state index contributed by atoms with van der Waals surface area (Å²) in [6, 6.07) is 7.66. The molecule has 1 aliphatic heterocycles. The number of carbonyl (C=O) groups is 1. The lowest BCUT2D eigenvalue weighted by Crippen LogP contribution is -2.43. The SMILES string of the molecule is CCCN(C(=O)Cn1c(CS(C)(=O)=O)nc2ccccc21)C1CCNC1. The number of benzene rings is 1. The zero-order valence-electron chi connectivity index (χ0n) is 15.3. The minimum atomic E-state index is -3.25. The molecular formula is C18H26N4O3S. The molecule has 7 nitrogen and oxygen atoms in total. The number of amides is 1. The quantitative estimate of drug-likeness (QED) is 0.782. The highest BCUT2D eigenvalue weighted by Crippen LogP contribution is 2.19. The van der Waals surface area contributed by atoms with Crippen molar-refractivity contribution in [2.75, 3.05) is 25.9 Å². The summed E-state index contributed by atoms with van der Waals surface area (Å²) in [6.45, 7) is 4.61. The molecule has 3 rings (SSSR count). The van der Waals surface area contributed by atoms with Crippen LogP contribution in [0, 0.1) is 0 Å². The summed E-state index contributed by atoms with van der Waals surface area (Å²) in [5, 5.41) is 3.30. The van der Waals surface area contributed by atoms with Gasteiger partial charge < -0.3 is 14.8 Å². The van der Waals surface area contributed by atoms with E-state index in [1.807, 2.05) is 29.2 Å². The number of hydrogen-bond acceptors (Lipinski definition) is 5. The predicted molar refractivity (Wildman–Crippen MR) is 102 cm³/mol. The average Bonchev–Trinajstić information content (AvgIpc) is 3.20. The number of sulfone groups is 1. The van der Waals surface area contributed by atoms with Gasteiger partial charge in [0.25, 0.3) is 0 Å². The van der Waals surface area contributed by atoms with E-state index in [1.165, 1.54) is 6.26 Å². The Morgan fingerprint density at radius 1 is 1.38 bits per heavy atom. The number of carbonyl (C=O) groups excluding carboxylic acids is 1. The van der Waals surface area contributed by atoms with Crippen molar-refractivity contribution in [2.45, 2.75) is 38.1 Å². The van der Waals surface area contributed by atoms with Crippen LogP contribution in [0.4, 0.5) is 0 Å². The molecule has 0 bridgehead atoms. The van der Waals surface area contributed by atoms with Gasteiger partial charge in [-0.25, -0.2) is 13.4 Å². The first-order chi connectivity index (χ1) is 12.4. The molecule has 1 fully saturated rings. The van der Waals surface area contributed by atoms with Crippen LogP contribution in [0.3, 0.4) is 0 Å². The van der Waals surface area contributed by atoms with E-state index in [0.29, 0.717) is 17.9 Å². The summed E-state index contributed by atoms with van der Waals surface area (Å²) in [7, 11) is -3.25. The summed E-state index contributed by atoms with van der Waals surface area (Å²) in [5.41, 5.74) is 1.50. The third-order valence-electron chi connectivity index (χ3n) is 4.68. The predicted octanol–water partition coefficient (Wildman–Crippen LogP) is 1.18. The molecular weight excluding hydrogens is 352 g/mol. The molecule has 0 spiro atoms. The number of nitrogens with one attached hydrogen (secondary N) is 1. The van der Waals surface area contributed by atoms with E-state index < -0.39 is 9.84 Å². The third-order valence-corrected chi connectivity index (χ3v) is 5.46. The summed E-state index contributed by atoms with van der Waals surface area (Å²) in [4.78, 5) is 19.4. The monoisotopic (exact) mass is 378 g/mol. The molecule has 1 N–H and O–H groups in total. The number of para-hydroxylation sites is 2. The first-order valence-corrected chi connectivity index (χ1v) is 11.1. The van der Waals surface area contributed by atoms with Crippen molar-refractivity contribution in [2.24, 2.45) is 0 Å². The highest BCUT2D eigenvalue weighted by molar-refractivity contribution is 7.89. The van der Waals surface area contributed by atoms with Gasteiger partial charge in [-0.3, -0.25) is 4.79 Å². The van der Waals surface area contributed by atoms with Crippen molar-refractivity contribution in [3.63, 3.8) is 0 Å². The molecule has 0 aliphatic carbocycles. The Labute approximate surface area is 154 Å². The third kappa shape index (κ3) is 4.24.